The van der Waals surface area contributed by atoms with Gasteiger partial charge < -0.3 is 15.1 Å². The molecule has 1 fully saturated rings. The lowest BCUT2D eigenvalue weighted by molar-refractivity contribution is 0.136. The van der Waals surface area contributed by atoms with Crippen LogP contribution in [0.15, 0.2) is 35.7 Å². The zero-order valence-corrected chi connectivity index (χ0v) is 17.8. The molecule has 2 amide bonds. The maximum Gasteiger partial charge on any atom is 0.322 e. The SMILES string of the molecule is O=C(Nc1ccc(I)cc1)N1CCc2sccc2C1CN1CCCCC1. The van der Waals surface area contributed by atoms with Crippen molar-refractivity contribution in [3.8, 4) is 0 Å². The lowest BCUT2D eigenvalue weighted by atomic mass is 9.98. The van der Waals surface area contributed by atoms with Crippen molar-refractivity contribution >= 4 is 45.6 Å². The number of hydrogen-bond acceptors (Lipinski definition) is 3. The van der Waals surface area contributed by atoms with E-state index >= 15 is 0 Å². The molecule has 6 heteroatoms. The third kappa shape index (κ3) is 4.07. The Morgan fingerprint density at radius 2 is 1.88 bits per heavy atom. The Bertz CT molecular complexity index is 755. The third-order valence-electron chi connectivity index (χ3n) is 5.33. The largest absolute Gasteiger partial charge is 0.322 e. The second-order valence-corrected chi connectivity index (χ2v) is 9.30. The minimum Gasteiger partial charge on any atom is -0.316 e. The molecular weight excluding hydrogens is 457 g/mol. The van der Waals surface area contributed by atoms with Crippen LogP contribution < -0.4 is 5.32 Å². The van der Waals surface area contributed by atoms with E-state index in [0.29, 0.717) is 0 Å². The van der Waals surface area contributed by atoms with Crippen molar-refractivity contribution in [2.45, 2.75) is 31.7 Å². The molecule has 2 aliphatic heterocycles. The van der Waals surface area contributed by atoms with Gasteiger partial charge in [0.05, 0.1) is 6.04 Å². The normalized spacial score (nSPS) is 20.7. The molecule has 1 atom stereocenters. The molecule has 1 unspecified atom stereocenters. The summed E-state index contributed by atoms with van der Waals surface area (Å²) in [4.78, 5) is 19.1. The summed E-state index contributed by atoms with van der Waals surface area (Å²) >= 11 is 4.11. The zero-order valence-electron chi connectivity index (χ0n) is 14.8. The second-order valence-electron chi connectivity index (χ2n) is 7.06. The number of hydrogen-bond donors (Lipinski definition) is 1. The molecule has 1 N–H and O–H groups in total. The Morgan fingerprint density at radius 1 is 1.12 bits per heavy atom. The lowest BCUT2D eigenvalue weighted by Gasteiger charge is -2.39. The van der Waals surface area contributed by atoms with E-state index in [1.165, 1.54) is 33.3 Å². The molecule has 0 radical (unpaired) electrons. The maximum absolute atomic E-state index is 13.0. The van der Waals surface area contributed by atoms with Gasteiger partial charge >= 0.3 is 6.03 Å². The molecule has 1 aromatic carbocycles. The Kier molecular flexibility index (Phi) is 5.81. The average molecular weight is 481 g/mol. The highest BCUT2D eigenvalue weighted by Gasteiger charge is 2.33. The Balaban J connectivity index is 1.52. The van der Waals surface area contributed by atoms with Crippen LogP contribution in [0.5, 0.6) is 0 Å². The zero-order chi connectivity index (χ0) is 17.9. The molecular formula is C20H24IN3OS. The fourth-order valence-corrected chi connectivity index (χ4v) is 5.24. The summed E-state index contributed by atoms with van der Waals surface area (Å²) in [7, 11) is 0. The lowest BCUT2D eigenvalue weighted by Crippen LogP contribution is -2.47. The van der Waals surface area contributed by atoms with Gasteiger partial charge in [-0.2, -0.15) is 0 Å². The monoisotopic (exact) mass is 481 g/mol. The third-order valence-corrected chi connectivity index (χ3v) is 7.05. The first kappa shape index (κ1) is 18.3. The minimum atomic E-state index is 0.0186. The van der Waals surface area contributed by atoms with Crippen molar-refractivity contribution in [1.82, 2.24) is 9.80 Å². The highest BCUT2D eigenvalue weighted by atomic mass is 127. The van der Waals surface area contributed by atoms with Crippen molar-refractivity contribution in [2.75, 3.05) is 31.5 Å². The molecule has 3 heterocycles. The molecule has 1 aromatic heterocycles. The number of fused-ring (bicyclic) bond motifs is 1. The number of likely N-dealkylation sites (tertiary alicyclic amines) is 1. The molecule has 4 nitrogen and oxygen atoms in total. The number of carbonyl (C=O) groups excluding carboxylic acids is 1. The van der Waals surface area contributed by atoms with E-state index in [2.05, 4.69) is 44.3 Å². The summed E-state index contributed by atoms with van der Waals surface area (Å²) in [5.41, 5.74) is 2.22. The van der Waals surface area contributed by atoms with Gasteiger partial charge in [0.2, 0.25) is 0 Å². The molecule has 0 spiro atoms. The predicted molar refractivity (Wildman–Crippen MR) is 116 cm³/mol. The van der Waals surface area contributed by atoms with Gasteiger partial charge in [-0.05, 0) is 96.2 Å². The number of urea groups is 1. The number of thiophene rings is 1. The summed E-state index contributed by atoms with van der Waals surface area (Å²) < 4.78 is 1.17. The van der Waals surface area contributed by atoms with Crippen molar-refractivity contribution in [3.05, 3.63) is 49.7 Å². The van der Waals surface area contributed by atoms with E-state index in [9.17, 15) is 4.79 Å². The molecule has 1 saturated heterocycles. The molecule has 2 aliphatic rings. The number of piperidine rings is 1. The molecule has 0 aliphatic carbocycles. The van der Waals surface area contributed by atoms with Crippen LogP contribution in [0.25, 0.3) is 0 Å². The van der Waals surface area contributed by atoms with Crippen LogP contribution >= 0.6 is 33.9 Å². The summed E-state index contributed by atoms with van der Waals surface area (Å²) in [5, 5.41) is 5.27. The second kappa shape index (κ2) is 8.27. The van der Waals surface area contributed by atoms with E-state index in [0.717, 1.165) is 38.3 Å². The van der Waals surface area contributed by atoms with Crippen molar-refractivity contribution < 1.29 is 4.79 Å². The first-order valence-electron chi connectivity index (χ1n) is 9.32. The van der Waals surface area contributed by atoms with Gasteiger partial charge in [-0.25, -0.2) is 4.79 Å². The highest BCUT2D eigenvalue weighted by Crippen LogP contribution is 2.34. The maximum atomic E-state index is 13.0. The fourth-order valence-electron chi connectivity index (χ4n) is 3.95. The van der Waals surface area contributed by atoms with Crippen LogP contribution in [-0.4, -0.2) is 42.0 Å². The number of nitrogens with zero attached hydrogens (tertiary/aromatic N) is 2. The fraction of sp³-hybridized carbons (Fsp3) is 0.450. The van der Waals surface area contributed by atoms with E-state index in [-0.39, 0.29) is 12.1 Å². The van der Waals surface area contributed by atoms with Gasteiger partial charge in [0.25, 0.3) is 0 Å². The first-order chi connectivity index (χ1) is 12.7. The van der Waals surface area contributed by atoms with Gasteiger partial charge in [-0.15, -0.1) is 11.3 Å². The average Bonchev–Trinajstić information content (AvgIpc) is 3.14. The van der Waals surface area contributed by atoms with Crippen molar-refractivity contribution in [2.24, 2.45) is 0 Å². The van der Waals surface area contributed by atoms with Gasteiger partial charge in [-0.3, -0.25) is 0 Å². The number of halogens is 1. The number of carbonyl (C=O) groups is 1. The van der Waals surface area contributed by atoms with Crippen molar-refractivity contribution in [3.63, 3.8) is 0 Å². The molecule has 0 saturated carbocycles. The molecule has 26 heavy (non-hydrogen) atoms. The van der Waals surface area contributed by atoms with E-state index < -0.39 is 0 Å². The summed E-state index contributed by atoms with van der Waals surface area (Å²) in [6.07, 6.45) is 4.85. The van der Waals surface area contributed by atoms with Crippen LogP contribution in [0, 0.1) is 3.57 Å². The van der Waals surface area contributed by atoms with Crippen LogP contribution in [0.4, 0.5) is 10.5 Å². The number of nitrogens with one attached hydrogen (secondary N) is 1. The smallest absolute Gasteiger partial charge is 0.316 e. The molecule has 4 rings (SSSR count). The Hall–Kier alpha value is -1.12. The van der Waals surface area contributed by atoms with Crippen LogP contribution in [0.3, 0.4) is 0 Å². The van der Waals surface area contributed by atoms with Gasteiger partial charge in [-0.1, -0.05) is 6.42 Å². The van der Waals surface area contributed by atoms with E-state index in [1.807, 2.05) is 40.5 Å². The van der Waals surface area contributed by atoms with E-state index in [1.54, 1.807) is 0 Å². The number of rotatable bonds is 3. The van der Waals surface area contributed by atoms with E-state index in [4.69, 9.17) is 0 Å². The highest BCUT2D eigenvalue weighted by molar-refractivity contribution is 14.1. The Labute approximate surface area is 172 Å². The standard InChI is InChI=1S/C20H24IN3OS/c21-15-4-6-16(7-5-15)22-20(25)24-12-8-19-17(9-13-26-19)18(24)14-23-10-2-1-3-11-23/h4-7,9,13,18H,1-3,8,10-12,14H2,(H,22,25). The number of anilines is 1. The van der Waals surface area contributed by atoms with Crippen LogP contribution in [-0.2, 0) is 6.42 Å². The molecule has 0 bridgehead atoms. The summed E-state index contributed by atoms with van der Waals surface area (Å²) in [5.74, 6) is 0. The summed E-state index contributed by atoms with van der Waals surface area (Å²) in [6.45, 7) is 4.05. The quantitative estimate of drug-likeness (QED) is 0.629. The minimum absolute atomic E-state index is 0.0186. The molecule has 2 aromatic rings. The topological polar surface area (TPSA) is 35.6 Å². The van der Waals surface area contributed by atoms with Crippen LogP contribution in [0.1, 0.15) is 35.7 Å². The first-order valence-corrected chi connectivity index (χ1v) is 11.3. The number of benzene rings is 1. The van der Waals surface area contributed by atoms with Crippen molar-refractivity contribution in [1.29, 1.82) is 0 Å². The Morgan fingerprint density at radius 3 is 2.65 bits per heavy atom. The number of amides is 2. The molecule has 138 valence electrons. The predicted octanol–water partition coefficient (Wildman–Crippen LogP) is 4.97. The van der Waals surface area contributed by atoms with Gasteiger partial charge in [0.15, 0.2) is 0 Å². The summed E-state index contributed by atoms with van der Waals surface area (Å²) in [6, 6.07) is 10.4. The van der Waals surface area contributed by atoms with Gasteiger partial charge in [0.1, 0.15) is 0 Å². The van der Waals surface area contributed by atoms with Crippen LogP contribution in [0.2, 0.25) is 0 Å². The van der Waals surface area contributed by atoms with Gasteiger partial charge in [0, 0.05) is 27.2 Å².